The van der Waals surface area contributed by atoms with Crippen LogP contribution in [0.15, 0.2) is 54.1 Å². The number of rotatable bonds is 5. The lowest BCUT2D eigenvalue weighted by Crippen LogP contribution is -2.30. The smallest absolute Gasteiger partial charge is 0.253 e. The predicted octanol–water partition coefficient (Wildman–Crippen LogP) is 5.01. The lowest BCUT2D eigenvalue weighted by Gasteiger charge is -2.22. The van der Waals surface area contributed by atoms with E-state index in [4.69, 9.17) is 11.6 Å². The van der Waals surface area contributed by atoms with Gasteiger partial charge in [-0.3, -0.25) is 4.79 Å². The van der Waals surface area contributed by atoms with Crippen LogP contribution in [0.4, 0.5) is 0 Å². The highest BCUT2D eigenvalue weighted by atomic mass is 35.5. The molecule has 1 aliphatic heterocycles. The number of benzene rings is 2. The first-order chi connectivity index (χ1) is 13.1. The highest BCUT2D eigenvalue weighted by molar-refractivity contribution is 6.30. The van der Waals surface area contributed by atoms with E-state index in [2.05, 4.69) is 29.6 Å². The van der Waals surface area contributed by atoms with Gasteiger partial charge in [0.1, 0.15) is 0 Å². The molecule has 0 atom stereocenters. The van der Waals surface area contributed by atoms with Crippen molar-refractivity contribution in [3.63, 3.8) is 0 Å². The fraction of sp³-hybridized carbons (Fsp3) is 0.348. The van der Waals surface area contributed by atoms with Crippen molar-refractivity contribution in [1.82, 2.24) is 10.2 Å². The van der Waals surface area contributed by atoms with Crippen molar-refractivity contribution in [3.8, 4) is 0 Å². The number of carbonyl (C=O) groups is 1. The first kappa shape index (κ1) is 19.7. The minimum absolute atomic E-state index is 0.0918. The third-order valence-electron chi connectivity index (χ3n) is 5.16. The van der Waals surface area contributed by atoms with Gasteiger partial charge in [-0.25, -0.2) is 0 Å². The molecule has 0 spiro atoms. The normalized spacial score (nSPS) is 14.1. The number of hydrogen-bond acceptors (Lipinski definition) is 2. The Hall–Kier alpha value is -2.10. The van der Waals surface area contributed by atoms with E-state index in [1.165, 1.54) is 16.7 Å². The predicted molar refractivity (Wildman–Crippen MR) is 113 cm³/mol. The second-order valence-electron chi connectivity index (χ2n) is 6.79. The summed E-state index contributed by atoms with van der Waals surface area (Å²) in [7, 11) is 0. The molecule has 4 heteroatoms. The minimum Gasteiger partial charge on any atom is -0.339 e. The number of nitrogens with zero attached hydrogens (tertiary/aromatic N) is 1. The molecule has 142 valence electrons. The van der Waals surface area contributed by atoms with Crippen molar-refractivity contribution in [3.05, 3.63) is 75.8 Å². The molecule has 1 amide bonds. The van der Waals surface area contributed by atoms with Gasteiger partial charge in [0.2, 0.25) is 0 Å². The van der Waals surface area contributed by atoms with Crippen LogP contribution in [0.5, 0.6) is 0 Å². The molecule has 1 N–H and O–H groups in total. The maximum Gasteiger partial charge on any atom is 0.253 e. The van der Waals surface area contributed by atoms with Gasteiger partial charge in [0.15, 0.2) is 0 Å². The molecule has 2 aromatic carbocycles. The van der Waals surface area contributed by atoms with Crippen molar-refractivity contribution in [2.24, 2.45) is 0 Å². The SMILES string of the molecule is CCN(CC)C(=O)c1ccc(C(=C2CCNCC2)c2ccc(Cl)cc2)cc1. The minimum atomic E-state index is 0.0918. The van der Waals surface area contributed by atoms with E-state index < -0.39 is 0 Å². The number of hydrogen-bond donors (Lipinski definition) is 1. The van der Waals surface area contributed by atoms with E-state index in [-0.39, 0.29) is 5.91 Å². The summed E-state index contributed by atoms with van der Waals surface area (Å²) in [4.78, 5) is 14.4. The highest BCUT2D eigenvalue weighted by Crippen LogP contribution is 2.32. The zero-order valence-electron chi connectivity index (χ0n) is 16.1. The van der Waals surface area contributed by atoms with Crippen LogP contribution in [-0.4, -0.2) is 37.0 Å². The van der Waals surface area contributed by atoms with Crippen LogP contribution in [0.25, 0.3) is 5.57 Å². The molecule has 1 heterocycles. The van der Waals surface area contributed by atoms with Crippen molar-refractivity contribution in [2.45, 2.75) is 26.7 Å². The van der Waals surface area contributed by atoms with Crippen molar-refractivity contribution >= 4 is 23.1 Å². The Morgan fingerprint density at radius 3 is 1.89 bits per heavy atom. The Kier molecular flexibility index (Phi) is 6.70. The second-order valence-corrected chi connectivity index (χ2v) is 7.23. The Labute approximate surface area is 167 Å². The van der Waals surface area contributed by atoms with Gasteiger partial charge in [-0.15, -0.1) is 0 Å². The standard InChI is InChI=1S/C23H27ClN2O/c1-3-26(4-2)23(27)20-7-5-17(6-8-20)22(19-13-15-25-16-14-19)18-9-11-21(24)12-10-18/h5-12,25H,3-4,13-16H2,1-2H3. The average molecular weight is 383 g/mol. The van der Waals surface area contributed by atoms with Crippen LogP contribution >= 0.6 is 11.6 Å². The number of nitrogens with one attached hydrogen (secondary N) is 1. The molecule has 0 bridgehead atoms. The molecule has 1 fully saturated rings. The molecular formula is C23H27ClN2O. The Bertz CT molecular complexity index is 797. The van der Waals surface area contributed by atoms with Gasteiger partial charge in [0, 0.05) is 23.7 Å². The first-order valence-corrected chi connectivity index (χ1v) is 10.1. The number of piperidine rings is 1. The number of carbonyl (C=O) groups excluding carboxylic acids is 1. The monoisotopic (exact) mass is 382 g/mol. The Morgan fingerprint density at radius 1 is 0.889 bits per heavy atom. The van der Waals surface area contributed by atoms with Crippen LogP contribution in [-0.2, 0) is 0 Å². The summed E-state index contributed by atoms with van der Waals surface area (Å²) in [5.41, 5.74) is 5.81. The summed E-state index contributed by atoms with van der Waals surface area (Å²) < 4.78 is 0. The maximum absolute atomic E-state index is 12.6. The van der Waals surface area contributed by atoms with E-state index in [9.17, 15) is 4.79 Å². The average Bonchev–Trinajstić information content (AvgIpc) is 2.72. The van der Waals surface area contributed by atoms with Crippen LogP contribution < -0.4 is 5.32 Å². The van der Waals surface area contributed by atoms with Gasteiger partial charge in [0.05, 0.1) is 0 Å². The quantitative estimate of drug-likeness (QED) is 0.788. The molecule has 0 aromatic heterocycles. The van der Waals surface area contributed by atoms with Crippen molar-refractivity contribution < 1.29 is 4.79 Å². The topological polar surface area (TPSA) is 32.3 Å². The maximum atomic E-state index is 12.6. The van der Waals surface area contributed by atoms with Gasteiger partial charge in [-0.1, -0.05) is 41.4 Å². The summed E-state index contributed by atoms with van der Waals surface area (Å²) in [5.74, 6) is 0.0918. The van der Waals surface area contributed by atoms with Crippen LogP contribution in [0, 0.1) is 0 Å². The van der Waals surface area contributed by atoms with Gasteiger partial charge in [-0.2, -0.15) is 0 Å². The molecule has 3 rings (SSSR count). The molecular weight excluding hydrogens is 356 g/mol. The number of halogens is 1. The molecule has 0 saturated carbocycles. The fourth-order valence-electron chi connectivity index (χ4n) is 3.64. The summed E-state index contributed by atoms with van der Waals surface area (Å²) in [6.07, 6.45) is 2.08. The zero-order valence-corrected chi connectivity index (χ0v) is 16.9. The number of amides is 1. The fourth-order valence-corrected chi connectivity index (χ4v) is 3.77. The molecule has 0 radical (unpaired) electrons. The lowest BCUT2D eigenvalue weighted by atomic mass is 9.88. The molecule has 1 aliphatic rings. The van der Waals surface area contributed by atoms with Crippen LogP contribution in [0.1, 0.15) is 48.2 Å². The van der Waals surface area contributed by atoms with Crippen molar-refractivity contribution in [1.29, 1.82) is 0 Å². The van der Waals surface area contributed by atoms with Gasteiger partial charge < -0.3 is 10.2 Å². The van der Waals surface area contributed by atoms with Crippen LogP contribution in [0.3, 0.4) is 0 Å². The van der Waals surface area contributed by atoms with Crippen LogP contribution in [0.2, 0.25) is 5.02 Å². The van der Waals surface area contributed by atoms with E-state index in [0.717, 1.165) is 55.2 Å². The molecule has 2 aromatic rings. The van der Waals surface area contributed by atoms with E-state index in [0.29, 0.717) is 0 Å². The van der Waals surface area contributed by atoms with E-state index in [1.54, 1.807) is 0 Å². The largest absolute Gasteiger partial charge is 0.339 e. The van der Waals surface area contributed by atoms with Crippen molar-refractivity contribution in [2.75, 3.05) is 26.2 Å². The molecule has 3 nitrogen and oxygen atoms in total. The third-order valence-corrected chi connectivity index (χ3v) is 5.42. The van der Waals surface area contributed by atoms with E-state index >= 15 is 0 Å². The van der Waals surface area contributed by atoms with Gasteiger partial charge in [-0.05, 0) is 80.7 Å². The summed E-state index contributed by atoms with van der Waals surface area (Å²) in [6.45, 7) is 7.48. The highest BCUT2D eigenvalue weighted by Gasteiger charge is 2.16. The molecule has 0 unspecified atom stereocenters. The van der Waals surface area contributed by atoms with E-state index in [1.807, 2.05) is 43.0 Å². The lowest BCUT2D eigenvalue weighted by molar-refractivity contribution is 0.0773. The Balaban J connectivity index is 1.98. The summed E-state index contributed by atoms with van der Waals surface area (Å²) in [6, 6.07) is 16.1. The first-order valence-electron chi connectivity index (χ1n) is 9.72. The molecule has 27 heavy (non-hydrogen) atoms. The molecule has 1 saturated heterocycles. The summed E-state index contributed by atoms with van der Waals surface area (Å²) >= 11 is 6.09. The van der Waals surface area contributed by atoms with Gasteiger partial charge >= 0.3 is 0 Å². The Morgan fingerprint density at radius 2 is 1.37 bits per heavy atom. The molecule has 0 aliphatic carbocycles. The van der Waals surface area contributed by atoms with Gasteiger partial charge in [0.25, 0.3) is 5.91 Å². The summed E-state index contributed by atoms with van der Waals surface area (Å²) in [5, 5.41) is 4.17. The second kappa shape index (κ2) is 9.20. The zero-order chi connectivity index (χ0) is 19.2. The third kappa shape index (κ3) is 4.60.